The van der Waals surface area contributed by atoms with Crippen molar-refractivity contribution < 1.29 is 9.59 Å². The van der Waals surface area contributed by atoms with Gasteiger partial charge in [-0.15, -0.1) is 0 Å². The summed E-state index contributed by atoms with van der Waals surface area (Å²) in [6.45, 7) is 5.38. The van der Waals surface area contributed by atoms with E-state index in [1.54, 1.807) is 37.1 Å². The van der Waals surface area contributed by atoms with Gasteiger partial charge in [0.05, 0.1) is 0 Å². The van der Waals surface area contributed by atoms with Crippen molar-refractivity contribution >= 4 is 11.7 Å². The van der Waals surface area contributed by atoms with E-state index in [-0.39, 0.29) is 11.7 Å². The van der Waals surface area contributed by atoms with E-state index in [2.05, 4.69) is 25.4 Å². The maximum Gasteiger partial charge on any atom is 0.268 e. The monoisotopic (exact) mass is 338 g/mol. The maximum atomic E-state index is 12.4. The lowest BCUT2D eigenvalue weighted by atomic mass is 10.1. The number of H-pyrrole nitrogens is 1. The topological polar surface area (TPSA) is 106 Å². The number of hydrogen-bond acceptors (Lipinski definition) is 5. The zero-order chi connectivity index (χ0) is 18.0. The van der Waals surface area contributed by atoms with Crippen LogP contribution in [0, 0.1) is 13.8 Å². The van der Waals surface area contributed by atoms with Crippen molar-refractivity contribution in [2.45, 2.75) is 27.3 Å². The first-order valence-corrected chi connectivity index (χ1v) is 7.75. The Morgan fingerprint density at radius 3 is 2.64 bits per heavy atom. The summed E-state index contributed by atoms with van der Waals surface area (Å²) >= 11 is 0. The first-order valence-electron chi connectivity index (χ1n) is 7.75. The molecule has 0 aromatic carbocycles. The van der Waals surface area contributed by atoms with E-state index in [1.165, 1.54) is 13.3 Å². The molecule has 25 heavy (non-hydrogen) atoms. The Balaban J connectivity index is 1.68. The fourth-order valence-electron chi connectivity index (χ4n) is 2.76. The van der Waals surface area contributed by atoms with Crippen molar-refractivity contribution in [3.8, 4) is 5.82 Å². The summed E-state index contributed by atoms with van der Waals surface area (Å²) < 4.78 is 1.55. The van der Waals surface area contributed by atoms with Crippen LogP contribution in [0.25, 0.3) is 5.82 Å². The van der Waals surface area contributed by atoms with E-state index in [9.17, 15) is 9.59 Å². The third-order valence-corrected chi connectivity index (χ3v) is 3.93. The van der Waals surface area contributed by atoms with Crippen LogP contribution in [0.1, 0.15) is 44.6 Å². The molecule has 0 aliphatic carbocycles. The Kier molecular flexibility index (Phi) is 4.42. The zero-order valence-electron chi connectivity index (χ0n) is 14.2. The summed E-state index contributed by atoms with van der Waals surface area (Å²) in [5.41, 5.74) is 3.21. The Labute approximate surface area is 144 Å². The number of carbonyl (C=O) groups excluding carboxylic acids is 2. The first kappa shape index (κ1) is 16.6. The van der Waals surface area contributed by atoms with Crippen LogP contribution in [0.5, 0.6) is 0 Å². The van der Waals surface area contributed by atoms with E-state index in [1.807, 2.05) is 6.07 Å². The molecule has 1 amide bonds. The van der Waals surface area contributed by atoms with Crippen LogP contribution in [0.4, 0.5) is 0 Å². The highest BCUT2D eigenvalue weighted by Crippen LogP contribution is 2.18. The van der Waals surface area contributed by atoms with Crippen LogP contribution in [0.2, 0.25) is 0 Å². The van der Waals surface area contributed by atoms with Crippen molar-refractivity contribution in [1.29, 1.82) is 0 Å². The molecule has 0 atom stereocenters. The molecule has 3 aromatic rings. The highest BCUT2D eigenvalue weighted by Gasteiger charge is 2.19. The number of amides is 1. The molecule has 8 nitrogen and oxygen atoms in total. The lowest BCUT2D eigenvalue weighted by Gasteiger charge is -2.06. The predicted octanol–water partition coefficient (Wildman–Crippen LogP) is 1.74. The number of pyridine rings is 1. The van der Waals surface area contributed by atoms with Crippen LogP contribution in [0.3, 0.4) is 0 Å². The predicted molar refractivity (Wildman–Crippen MR) is 90.6 cm³/mol. The number of rotatable bonds is 5. The number of carbonyl (C=O) groups is 2. The van der Waals surface area contributed by atoms with E-state index < -0.39 is 0 Å². The Morgan fingerprint density at radius 1 is 1.28 bits per heavy atom. The molecule has 3 heterocycles. The van der Waals surface area contributed by atoms with E-state index in [0.717, 1.165) is 5.56 Å². The molecule has 2 N–H and O–H groups in total. The Bertz CT molecular complexity index is 910. The Hall–Kier alpha value is -3.29. The van der Waals surface area contributed by atoms with E-state index >= 15 is 0 Å². The third kappa shape index (κ3) is 3.32. The van der Waals surface area contributed by atoms with Gasteiger partial charge < -0.3 is 10.3 Å². The number of hydrogen-bond donors (Lipinski definition) is 2. The molecule has 0 fully saturated rings. The van der Waals surface area contributed by atoms with Gasteiger partial charge in [0.15, 0.2) is 11.6 Å². The number of nitrogens with zero attached hydrogens (tertiary/aromatic N) is 4. The van der Waals surface area contributed by atoms with Gasteiger partial charge in [-0.2, -0.15) is 5.10 Å². The molecular formula is C17H18N6O2. The second kappa shape index (κ2) is 6.68. The van der Waals surface area contributed by atoms with Crippen LogP contribution in [-0.4, -0.2) is 36.4 Å². The van der Waals surface area contributed by atoms with Gasteiger partial charge in [0.1, 0.15) is 18.3 Å². The maximum absolute atomic E-state index is 12.4. The minimum Gasteiger partial charge on any atom is -0.354 e. The lowest BCUT2D eigenvalue weighted by molar-refractivity contribution is 0.0945. The zero-order valence-corrected chi connectivity index (χ0v) is 14.2. The minimum absolute atomic E-state index is 0.0572. The minimum atomic E-state index is -0.256. The molecular weight excluding hydrogens is 320 g/mol. The first-order chi connectivity index (χ1) is 12.0. The molecule has 0 aliphatic heterocycles. The fraction of sp³-hybridized carbons (Fsp3) is 0.235. The number of Topliss-reactive ketones (excluding diaryl/α,β-unsaturated/α-hetero) is 1. The van der Waals surface area contributed by atoms with E-state index in [4.69, 9.17) is 0 Å². The van der Waals surface area contributed by atoms with Gasteiger partial charge in [-0.25, -0.2) is 14.6 Å². The average molecular weight is 338 g/mol. The van der Waals surface area contributed by atoms with Crippen molar-refractivity contribution in [3.05, 3.63) is 59.1 Å². The van der Waals surface area contributed by atoms with Crippen LogP contribution in [0.15, 0.2) is 31.0 Å². The van der Waals surface area contributed by atoms with Crippen LogP contribution in [-0.2, 0) is 6.54 Å². The SMILES string of the molecule is CC(=O)c1c(C)[nH]c(C(=O)NCc2ccc(-n3cncn3)nc2)c1C. The molecule has 0 radical (unpaired) electrons. The van der Waals surface area contributed by atoms with Gasteiger partial charge in [0.25, 0.3) is 5.91 Å². The largest absolute Gasteiger partial charge is 0.354 e. The second-order valence-corrected chi connectivity index (χ2v) is 5.73. The highest BCUT2D eigenvalue weighted by molar-refractivity contribution is 6.02. The van der Waals surface area contributed by atoms with Gasteiger partial charge in [0.2, 0.25) is 0 Å². The molecule has 128 valence electrons. The molecule has 3 aromatic heterocycles. The average Bonchev–Trinajstić information content (AvgIpc) is 3.21. The van der Waals surface area contributed by atoms with E-state index in [0.29, 0.717) is 34.9 Å². The van der Waals surface area contributed by atoms with Gasteiger partial charge in [-0.05, 0) is 38.0 Å². The van der Waals surface area contributed by atoms with Crippen molar-refractivity contribution in [2.24, 2.45) is 0 Å². The summed E-state index contributed by atoms with van der Waals surface area (Å²) in [6.07, 6.45) is 4.67. The van der Waals surface area contributed by atoms with Gasteiger partial charge in [-0.3, -0.25) is 9.59 Å². The second-order valence-electron chi connectivity index (χ2n) is 5.73. The van der Waals surface area contributed by atoms with Gasteiger partial charge in [-0.1, -0.05) is 6.07 Å². The number of ketones is 1. The summed E-state index contributed by atoms with van der Waals surface area (Å²) in [6, 6.07) is 3.66. The molecule has 0 spiro atoms. The number of aromatic amines is 1. The molecule has 3 rings (SSSR count). The van der Waals surface area contributed by atoms with Gasteiger partial charge in [0, 0.05) is 24.0 Å². The van der Waals surface area contributed by atoms with Crippen molar-refractivity contribution in [3.63, 3.8) is 0 Å². The quantitative estimate of drug-likeness (QED) is 0.689. The smallest absolute Gasteiger partial charge is 0.268 e. The van der Waals surface area contributed by atoms with Crippen molar-refractivity contribution in [1.82, 2.24) is 30.0 Å². The number of nitrogens with one attached hydrogen (secondary N) is 2. The highest BCUT2D eigenvalue weighted by atomic mass is 16.2. The molecule has 0 bridgehead atoms. The van der Waals surface area contributed by atoms with Crippen LogP contribution >= 0.6 is 0 Å². The normalized spacial score (nSPS) is 10.7. The van der Waals surface area contributed by atoms with Crippen LogP contribution < -0.4 is 5.32 Å². The summed E-state index contributed by atoms with van der Waals surface area (Å²) in [4.78, 5) is 35.2. The molecule has 0 saturated carbocycles. The third-order valence-electron chi connectivity index (χ3n) is 3.93. The number of aryl methyl sites for hydroxylation is 1. The lowest BCUT2D eigenvalue weighted by Crippen LogP contribution is -2.24. The molecule has 0 saturated heterocycles. The Morgan fingerprint density at radius 2 is 2.08 bits per heavy atom. The molecule has 0 unspecified atom stereocenters. The number of aromatic nitrogens is 5. The molecule has 0 aliphatic rings. The van der Waals surface area contributed by atoms with Crippen molar-refractivity contribution in [2.75, 3.05) is 0 Å². The van der Waals surface area contributed by atoms with Gasteiger partial charge >= 0.3 is 0 Å². The molecule has 8 heteroatoms. The summed E-state index contributed by atoms with van der Waals surface area (Å²) in [5, 5.41) is 6.84. The summed E-state index contributed by atoms with van der Waals surface area (Å²) in [5.74, 6) is 0.334. The summed E-state index contributed by atoms with van der Waals surface area (Å²) in [7, 11) is 0. The fourth-order valence-corrected chi connectivity index (χ4v) is 2.76. The standard InChI is InChI=1S/C17H18N6O2/c1-10-15(12(3)24)11(2)22-16(10)17(25)20-7-13-4-5-14(19-6-13)23-9-18-8-21-23/h4-6,8-9,22H,7H2,1-3H3,(H,20,25).